The number of Topliss-reactive ketones (excluding diaryl/α,β-unsaturated/α-hetero) is 2. The van der Waals surface area contributed by atoms with Gasteiger partial charge in [0, 0.05) is 6.42 Å². The number of ketones is 2. The van der Waals surface area contributed by atoms with Gasteiger partial charge in [-0.3, -0.25) is 9.59 Å². The lowest BCUT2D eigenvalue weighted by molar-refractivity contribution is -0.121. The minimum atomic E-state index is -0.459. The Bertz CT molecular complexity index is 315. The highest BCUT2D eigenvalue weighted by Gasteiger charge is 2.47. The second kappa shape index (κ2) is 6.38. The molecule has 1 rings (SSSR count). The average molecular weight is 222 g/mol. The van der Waals surface area contributed by atoms with Gasteiger partial charge in [0.25, 0.3) is 0 Å². The molecule has 3 nitrogen and oxygen atoms in total. The maximum Gasteiger partial charge on any atom is 0.165 e. The summed E-state index contributed by atoms with van der Waals surface area (Å²) in [6.45, 7) is 3.43. The SMILES string of the molecule is C/C=C/C/C=C/CCC(=O)[C@H]1O[C@H]1C(C)=O. The number of carbonyl (C=O) groups is 2. The molecule has 88 valence electrons. The second-order valence-electron chi connectivity index (χ2n) is 3.87. The quantitative estimate of drug-likeness (QED) is 0.490. The molecule has 0 N–H and O–H groups in total. The van der Waals surface area contributed by atoms with Gasteiger partial charge in [-0.15, -0.1) is 0 Å². The van der Waals surface area contributed by atoms with Gasteiger partial charge < -0.3 is 4.74 Å². The summed E-state index contributed by atoms with van der Waals surface area (Å²) in [6, 6.07) is 0. The fraction of sp³-hybridized carbons (Fsp3) is 0.538. The smallest absolute Gasteiger partial charge is 0.165 e. The summed E-state index contributed by atoms with van der Waals surface area (Å²) in [4.78, 5) is 22.4. The summed E-state index contributed by atoms with van der Waals surface area (Å²) >= 11 is 0. The Hall–Kier alpha value is -1.22. The number of epoxide rings is 1. The molecule has 0 aromatic heterocycles. The molecule has 0 radical (unpaired) electrons. The molecule has 0 unspecified atom stereocenters. The van der Waals surface area contributed by atoms with Gasteiger partial charge in [0.15, 0.2) is 11.6 Å². The number of hydrogen-bond donors (Lipinski definition) is 0. The highest BCUT2D eigenvalue weighted by atomic mass is 16.6. The largest absolute Gasteiger partial charge is 0.353 e. The van der Waals surface area contributed by atoms with Crippen LogP contribution in [-0.4, -0.2) is 23.8 Å². The normalized spacial score (nSPS) is 24.1. The first-order valence-electron chi connectivity index (χ1n) is 5.61. The van der Waals surface area contributed by atoms with Crippen molar-refractivity contribution >= 4 is 11.6 Å². The number of hydrogen-bond acceptors (Lipinski definition) is 3. The minimum absolute atomic E-state index is 0.0379. The number of carbonyl (C=O) groups excluding carboxylic acids is 2. The van der Waals surface area contributed by atoms with Crippen LogP contribution in [0.2, 0.25) is 0 Å². The molecule has 0 aliphatic carbocycles. The van der Waals surface area contributed by atoms with E-state index >= 15 is 0 Å². The highest BCUT2D eigenvalue weighted by Crippen LogP contribution is 2.25. The Kier molecular flexibility index (Phi) is 5.12. The van der Waals surface area contributed by atoms with Crippen LogP contribution < -0.4 is 0 Å². The van der Waals surface area contributed by atoms with Crippen LogP contribution in [0.15, 0.2) is 24.3 Å². The molecule has 0 spiro atoms. The van der Waals surface area contributed by atoms with E-state index in [9.17, 15) is 9.59 Å². The highest BCUT2D eigenvalue weighted by molar-refractivity contribution is 5.95. The van der Waals surface area contributed by atoms with Crippen molar-refractivity contribution in [1.82, 2.24) is 0 Å². The molecule has 1 aliphatic heterocycles. The van der Waals surface area contributed by atoms with Crippen LogP contribution in [0.5, 0.6) is 0 Å². The van der Waals surface area contributed by atoms with E-state index in [-0.39, 0.29) is 11.6 Å². The average Bonchev–Trinajstić information content (AvgIpc) is 3.02. The zero-order chi connectivity index (χ0) is 12.0. The van der Waals surface area contributed by atoms with Crippen LogP contribution in [0.4, 0.5) is 0 Å². The molecule has 1 fully saturated rings. The third-order valence-electron chi connectivity index (χ3n) is 2.44. The maximum atomic E-state index is 11.5. The first-order valence-corrected chi connectivity index (χ1v) is 5.61. The summed E-state index contributed by atoms with van der Waals surface area (Å²) in [5.74, 6) is -0.0159. The summed E-state index contributed by atoms with van der Waals surface area (Å²) in [5.41, 5.74) is 0. The molecule has 0 aromatic carbocycles. The Labute approximate surface area is 96.2 Å². The molecule has 2 atom stereocenters. The predicted octanol–water partition coefficient (Wildman–Crippen LogP) is 2.21. The van der Waals surface area contributed by atoms with Crippen LogP contribution in [-0.2, 0) is 14.3 Å². The number of ether oxygens (including phenoxy) is 1. The van der Waals surface area contributed by atoms with Gasteiger partial charge in [-0.1, -0.05) is 24.3 Å². The molecule has 16 heavy (non-hydrogen) atoms. The van der Waals surface area contributed by atoms with Crippen molar-refractivity contribution in [2.45, 2.75) is 45.3 Å². The first kappa shape index (κ1) is 12.8. The van der Waals surface area contributed by atoms with Crippen LogP contribution >= 0.6 is 0 Å². The van der Waals surface area contributed by atoms with E-state index in [1.807, 2.05) is 31.2 Å². The summed E-state index contributed by atoms with van der Waals surface area (Å²) in [7, 11) is 0. The standard InChI is InChI=1S/C13H18O3/c1-3-4-5-6-7-8-9-11(15)13-12(16-13)10(2)14/h3-4,6-7,12-13H,5,8-9H2,1-2H3/b4-3+,7-6+/t12-,13+/m0/s1. The lowest BCUT2D eigenvalue weighted by Gasteiger charge is -1.92. The monoisotopic (exact) mass is 222 g/mol. The lowest BCUT2D eigenvalue weighted by Crippen LogP contribution is -2.13. The van der Waals surface area contributed by atoms with Crippen molar-refractivity contribution in [3.05, 3.63) is 24.3 Å². The van der Waals surface area contributed by atoms with E-state index in [2.05, 4.69) is 0 Å². The molecule has 0 saturated carbocycles. The molecule has 0 aromatic rings. The Morgan fingerprint density at radius 1 is 1.19 bits per heavy atom. The van der Waals surface area contributed by atoms with Crippen molar-refractivity contribution in [2.75, 3.05) is 0 Å². The molecular formula is C13H18O3. The topological polar surface area (TPSA) is 46.7 Å². The molecule has 3 heteroatoms. The van der Waals surface area contributed by atoms with Crippen molar-refractivity contribution in [3.8, 4) is 0 Å². The Balaban J connectivity index is 2.12. The molecule has 1 aliphatic rings. The fourth-order valence-electron chi connectivity index (χ4n) is 1.46. The van der Waals surface area contributed by atoms with Crippen molar-refractivity contribution < 1.29 is 14.3 Å². The minimum Gasteiger partial charge on any atom is -0.353 e. The number of allylic oxidation sites excluding steroid dienone is 4. The van der Waals surface area contributed by atoms with Crippen LogP contribution in [0.1, 0.15) is 33.1 Å². The maximum absolute atomic E-state index is 11.5. The van der Waals surface area contributed by atoms with Gasteiger partial charge in [-0.05, 0) is 26.7 Å². The summed E-state index contributed by atoms with van der Waals surface area (Å²) in [5, 5.41) is 0. The van der Waals surface area contributed by atoms with Gasteiger partial charge in [0.05, 0.1) is 0 Å². The van der Waals surface area contributed by atoms with E-state index in [4.69, 9.17) is 4.74 Å². The van der Waals surface area contributed by atoms with Crippen molar-refractivity contribution in [1.29, 1.82) is 0 Å². The Morgan fingerprint density at radius 3 is 2.50 bits per heavy atom. The molecular weight excluding hydrogens is 204 g/mol. The predicted molar refractivity (Wildman–Crippen MR) is 62.2 cm³/mol. The molecule has 1 saturated heterocycles. The van der Waals surface area contributed by atoms with E-state index in [0.717, 1.165) is 12.8 Å². The lowest BCUT2D eigenvalue weighted by atomic mass is 10.1. The summed E-state index contributed by atoms with van der Waals surface area (Å²) < 4.78 is 5.00. The van der Waals surface area contributed by atoms with Crippen LogP contribution in [0, 0.1) is 0 Å². The first-order chi connectivity index (χ1) is 7.66. The third-order valence-corrected chi connectivity index (χ3v) is 2.44. The van der Waals surface area contributed by atoms with E-state index in [1.54, 1.807) is 0 Å². The third kappa shape index (κ3) is 4.11. The van der Waals surface area contributed by atoms with Gasteiger partial charge in [0.2, 0.25) is 0 Å². The Morgan fingerprint density at radius 2 is 1.94 bits per heavy atom. The van der Waals surface area contributed by atoms with Gasteiger partial charge >= 0.3 is 0 Å². The van der Waals surface area contributed by atoms with Gasteiger partial charge in [0.1, 0.15) is 12.2 Å². The zero-order valence-electron chi connectivity index (χ0n) is 9.81. The second-order valence-corrected chi connectivity index (χ2v) is 3.87. The molecule has 0 amide bonds. The van der Waals surface area contributed by atoms with Gasteiger partial charge in [-0.25, -0.2) is 0 Å². The van der Waals surface area contributed by atoms with Crippen molar-refractivity contribution in [3.63, 3.8) is 0 Å². The fourth-order valence-corrected chi connectivity index (χ4v) is 1.46. The van der Waals surface area contributed by atoms with Crippen molar-refractivity contribution in [2.24, 2.45) is 0 Å². The van der Waals surface area contributed by atoms with E-state index in [0.29, 0.717) is 6.42 Å². The van der Waals surface area contributed by atoms with Crippen LogP contribution in [0.3, 0.4) is 0 Å². The van der Waals surface area contributed by atoms with Gasteiger partial charge in [-0.2, -0.15) is 0 Å². The van der Waals surface area contributed by atoms with E-state index < -0.39 is 12.2 Å². The summed E-state index contributed by atoms with van der Waals surface area (Å²) in [6.07, 6.45) is 9.23. The van der Waals surface area contributed by atoms with Crippen LogP contribution in [0.25, 0.3) is 0 Å². The zero-order valence-corrected chi connectivity index (χ0v) is 9.81. The number of rotatable bonds is 7. The molecule has 1 heterocycles. The molecule has 0 bridgehead atoms. The van der Waals surface area contributed by atoms with E-state index in [1.165, 1.54) is 6.92 Å².